The number of carbonyl (C=O) groups is 1. The van der Waals surface area contributed by atoms with E-state index in [0.717, 1.165) is 62.1 Å². The van der Waals surface area contributed by atoms with Crippen LogP contribution in [0.3, 0.4) is 0 Å². The number of likely N-dealkylation sites (tertiary alicyclic amines) is 1. The van der Waals surface area contributed by atoms with Crippen LogP contribution in [0.4, 0.5) is 4.39 Å². The van der Waals surface area contributed by atoms with E-state index in [1.54, 1.807) is 31.8 Å². The van der Waals surface area contributed by atoms with Crippen LogP contribution in [0.25, 0.3) is 10.9 Å². The first kappa shape index (κ1) is 25.1. The van der Waals surface area contributed by atoms with Crippen LogP contribution in [0.15, 0.2) is 47.3 Å². The van der Waals surface area contributed by atoms with Crippen LogP contribution in [-0.2, 0) is 11.2 Å². The molecule has 35 heavy (non-hydrogen) atoms. The normalized spacial score (nSPS) is 19.6. The molecule has 0 aliphatic carbocycles. The van der Waals surface area contributed by atoms with Crippen molar-refractivity contribution in [2.45, 2.75) is 51.1 Å². The van der Waals surface area contributed by atoms with Gasteiger partial charge in [0.25, 0.3) is 0 Å². The van der Waals surface area contributed by atoms with Crippen LogP contribution < -0.4 is 4.74 Å². The van der Waals surface area contributed by atoms with Crippen molar-refractivity contribution in [1.29, 1.82) is 0 Å². The van der Waals surface area contributed by atoms with Crippen LogP contribution in [0.2, 0.25) is 0 Å². The molecule has 0 bridgehead atoms. The molecule has 188 valence electrons. The Kier molecular flexibility index (Phi) is 8.69. The number of aromatic nitrogens is 2. The largest absolute Gasteiger partial charge is 0.497 e. The molecule has 3 aromatic rings. The lowest BCUT2D eigenvalue weighted by Gasteiger charge is -2.38. The number of carboxylic acids is 1. The van der Waals surface area contributed by atoms with E-state index < -0.39 is 12.1 Å². The number of unbranched alkanes of at least 4 members (excludes halogenated alkanes) is 1. The predicted molar refractivity (Wildman–Crippen MR) is 131 cm³/mol. The third-order valence-electron chi connectivity index (χ3n) is 7.12. The van der Waals surface area contributed by atoms with Crippen molar-refractivity contribution in [3.05, 3.63) is 54.4 Å². The number of aliphatic carboxylic acids is 1. The molecule has 1 fully saturated rings. The minimum atomic E-state index is -1.13. The maximum atomic E-state index is 15.4. The molecule has 1 aliphatic heterocycles. The summed E-state index contributed by atoms with van der Waals surface area (Å²) in [5.41, 5.74) is 1.36. The van der Waals surface area contributed by atoms with Crippen molar-refractivity contribution in [2.24, 2.45) is 11.8 Å². The fraction of sp³-hybridized carbons (Fsp3) is 0.519. The first-order valence-electron chi connectivity index (χ1n) is 12.4. The van der Waals surface area contributed by atoms with E-state index >= 15 is 4.39 Å². The number of piperidine rings is 1. The first-order valence-corrected chi connectivity index (χ1v) is 12.4. The van der Waals surface area contributed by atoms with E-state index in [0.29, 0.717) is 24.2 Å². The third-order valence-corrected chi connectivity index (χ3v) is 7.12. The number of benzene rings is 1. The average Bonchev–Trinajstić information content (AvgIpc) is 3.38. The number of rotatable bonds is 12. The highest BCUT2D eigenvalue weighted by molar-refractivity contribution is 5.83. The van der Waals surface area contributed by atoms with E-state index in [2.05, 4.69) is 14.9 Å². The van der Waals surface area contributed by atoms with Gasteiger partial charge in [-0.25, -0.2) is 9.37 Å². The number of methoxy groups -OCH3 is 1. The molecule has 0 unspecified atom stereocenters. The van der Waals surface area contributed by atoms with Crippen molar-refractivity contribution in [3.8, 4) is 5.75 Å². The Morgan fingerprint density at radius 2 is 2.14 bits per heavy atom. The van der Waals surface area contributed by atoms with Gasteiger partial charge >= 0.3 is 5.97 Å². The second kappa shape index (κ2) is 12.1. The molecular weight excluding hydrogens is 449 g/mol. The van der Waals surface area contributed by atoms with E-state index in [-0.39, 0.29) is 18.3 Å². The standard InChI is InChI=1S/C27H34FN3O4/c1-34-21-6-8-25-23(17-21)22(9-11-29-25)24(28)7-5-19-10-14-31(18-20(19)16-27(32)33)13-3-2-4-26-30-12-15-35-26/h6,8-9,11-12,15,17,19-20,24H,2-5,7,10,13-14,16,18H2,1H3,(H,32,33)/t19-,20+,24+/m1/s1. The molecule has 7 nitrogen and oxygen atoms in total. The summed E-state index contributed by atoms with van der Waals surface area (Å²) in [7, 11) is 1.59. The van der Waals surface area contributed by atoms with Gasteiger partial charge in [-0.2, -0.15) is 0 Å². The molecule has 1 N–H and O–H groups in total. The van der Waals surface area contributed by atoms with Crippen molar-refractivity contribution in [2.75, 3.05) is 26.7 Å². The van der Waals surface area contributed by atoms with Gasteiger partial charge in [-0.15, -0.1) is 0 Å². The van der Waals surface area contributed by atoms with Crippen molar-refractivity contribution >= 4 is 16.9 Å². The number of aryl methyl sites for hydroxylation is 1. The molecule has 8 heteroatoms. The number of nitrogens with zero attached hydrogens (tertiary/aromatic N) is 3. The second-order valence-electron chi connectivity index (χ2n) is 9.42. The van der Waals surface area contributed by atoms with E-state index in [1.165, 1.54) is 0 Å². The highest BCUT2D eigenvalue weighted by Gasteiger charge is 2.31. The summed E-state index contributed by atoms with van der Waals surface area (Å²) in [5, 5.41) is 10.2. The molecule has 3 heterocycles. The van der Waals surface area contributed by atoms with Gasteiger partial charge in [0.15, 0.2) is 5.89 Å². The predicted octanol–water partition coefficient (Wildman–Crippen LogP) is 5.46. The number of ether oxygens (including phenoxy) is 1. The molecule has 3 atom stereocenters. The molecular formula is C27H34FN3O4. The van der Waals surface area contributed by atoms with Gasteiger partial charge in [0.2, 0.25) is 0 Å². The lowest BCUT2D eigenvalue weighted by molar-refractivity contribution is -0.139. The van der Waals surface area contributed by atoms with Crippen LogP contribution in [0.1, 0.15) is 56.2 Å². The summed E-state index contributed by atoms with van der Waals surface area (Å²) in [6, 6.07) is 7.23. The Morgan fingerprint density at radius 1 is 1.26 bits per heavy atom. The number of oxazole rings is 1. The van der Waals surface area contributed by atoms with E-state index in [4.69, 9.17) is 9.15 Å². The molecule has 1 aliphatic rings. The van der Waals surface area contributed by atoms with Gasteiger partial charge in [-0.3, -0.25) is 9.78 Å². The highest BCUT2D eigenvalue weighted by Crippen LogP contribution is 2.36. The summed E-state index contributed by atoms with van der Waals surface area (Å²) in [6.45, 7) is 2.61. The number of hydrogen-bond acceptors (Lipinski definition) is 6. The summed E-state index contributed by atoms with van der Waals surface area (Å²) in [5.74, 6) is 0.890. The molecule has 0 spiro atoms. The Labute approximate surface area is 205 Å². The quantitative estimate of drug-likeness (QED) is 0.342. The molecule has 0 saturated carbocycles. The Morgan fingerprint density at radius 3 is 2.91 bits per heavy atom. The minimum absolute atomic E-state index is 0.0365. The number of pyridine rings is 1. The van der Waals surface area contributed by atoms with Crippen molar-refractivity contribution in [3.63, 3.8) is 0 Å². The first-order chi connectivity index (χ1) is 17.0. The Bertz CT molecular complexity index is 1090. The Balaban J connectivity index is 1.32. The zero-order valence-corrected chi connectivity index (χ0v) is 20.2. The van der Waals surface area contributed by atoms with Gasteiger partial charge in [-0.1, -0.05) is 0 Å². The van der Waals surface area contributed by atoms with Crippen LogP contribution >= 0.6 is 0 Å². The lowest BCUT2D eigenvalue weighted by atomic mass is 9.79. The highest BCUT2D eigenvalue weighted by atomic mass is 19.1. The molecule has 4 rings (SSSR count). The van der Waals surface area contributed by atoms with Crippen molar-refractivity contribution < 1.29 is 23.4 Å². The van der Waals surface area contributed by atoms with Gasteiger partial charge in [0.1, 0.15) is 18.2 Å². The third kappa shape index (κ3) is 6.78. The number of fused-ring (bicyclic) bond motifs is 1. The topological polar surface area (TPSA) is 88.7 Å². The van der Waals surface area contributed by atoms with Crippen molar-refractivity contribution in [1.82, 2.24) is 14.9 Å². The summed E-state index contributed by atoms with van der Waals surface area (Å²) in [4.78, 5) is 22.4. The second-order valence-corrected chi connectivity index (χ2v) is 9.42. The van der Waals surface area contributed by atoms with Gasteiger partial charge in [0.05, 0.1) is 18.8 Å². The maximum Gasteiger partial charge on any atom is 0.303 e. The summed E-state index contributed by atoms with van der Waals surface area (Å²) in [6.07, 6.45) is 8.64. The number of hydrogen-bond donors (Lipinski definition) is 1. The van der Waals surface area contributed by atoms with Crippen LogP contribution in [0, 0.1) is 11.8 Å². The maximum absolute atomic E-state index is 15.4. The lowest BCUT2D eigenvalue weighted by Crippen LogP contribution is -2.41. The number of halogens is 1. The molecule has 1 saturated heterocycles. The minimum Gasteiger partial charge on any atom is -0.497 e. The number of carboxylic acid groups (broad SMARTS) is 1. The molecule has 0 amide bonds. The smallest absolute Gasteiger partial charge is 0.303 e. The van der Waals surface area contributed by atoms with Gasteiger partial charge < -0.3 is 19.2 Å². The van der Waals surface area contributed by atoms with E-state index in [1.807, 2.05) is 18.2 Å². The summed E-state index contributed by atoms with van der Waals surface area (Å²) < 4.78 is 26.0. The van der Waals surface area contributed by atoms with Crippen LogP contribution in [-0.4, -0.2) is 52.7 Å². The monoisotopic (exact) mass is 483 g/mol. The molecule has 2 aromatic heterocycles. The average molecular weight is 484 g/mol. The Hall–Kier alpha value is -3.00. The SMILES string of the molecule is COc1ccc2nccc([C@@H](F)CC[C@@H]3CCN(CCCCc4ncco4)C[C@@H]3CC(=O)O)c2c1. The zero-order chi connectivity index (χ0) is 24.6. The molecule has 1 aromatic carbocycles. The summed E-state index contributed by atoms with van der Waals surface area (Å²) >= 11 is 0. The van der Waals surface area contributed by atoms with Gasteiger partial charge in [-0.05, 0) is 86.9 Å². The van der Waals surface area contributed by atoms with E-state index in [9.17, 15) is 9.90 Å². The zero-order valence-electron chi connectivity index (χ0n) is 20.2. The molecule has 0 radical (unpaired) electrons. The van der Waals surface area contributed by atoms with Gasteiger partial charge in [0, 0.05) is 31.0 Å². The fourth-order valence-electron chi connectivity index (χ4n) is 5.25. The number of alkyl halides is 1. The fourth-order valence-corrected chi connectivity index (χ4v) is 5.25. The van der Waals surface area contributed by atoms with Crippen LogP contribution in [0.5, 0.6) is 5.75 Å².